The van der Waals surface area contributed by atoms with E-state index in [9.17, 15) is 13.6 Å². The number of carbonyl (C=O) groups is 1. The summed E-state index contributed by atoms with van der Waals surface area (Å²) in [6.45, 7) is -1.15. The molecule has 31 heavy (non-hydrogen) atoms. The van der Waals surface area contributed by atoms with Gasteiger partial charge < -0.3 is 4.74 Å². The number of thioether (sulfide) groups is 1. The highest BCUT2D eigenvalue weighted by Gasteiger charge is 2.36. The quantitative estimate of drug-likeness (QED) is 0.438. The van der Waals surface area contributed by atoms with Crippen LogP contribution in [0.1, 0.15) is 32.4 Å². The minimum atomic E-state index is -2.98. The highest BCUT2D eigenvalue weighted by Crippen LogP contribution is 2.45. The number of nitrogens with zero attached hydrogens (tertiary/aromatic N) is 2. The highest BCUT2D eigenvalue weighted by atomic mass is 35.5. The third-order valence-electron chi connectivity index (χ3n) is 4.72. The summed E-state index contributed by atoms with van der Waals surface area (Å²) in [7, 11) is 0. The Morgan fingerprint density at radius 1 is 1.06 bits per heavy atom. The molecule has 0 saturated heterocycles. The van der Waals surface area contributed by atoms with Gasteiger partial charge >= 0.3 is 6.61 Å². The van der Waals surface area contributed by atoms with Crippen LogP contribution in [-0.2, 0) is 0 Å². The molecule has 3 aromatic rings. The first kappa shape index (κ1) is 21.3. The Morgan fingerprint density at radius 2 is 1.74 bits per heavy atom. The Bertz CT molecular complexity index is 1140. The second-order valence-corrected chi connectivity index (χ2v) is 8.27. The molecule has 0 N–H and O–H groups in total. The molecule has 1 unspecified atom stereocenters. The number of halogens is 3. The maximum absolute atomic E-state index is 13.4. The maximum Gasteiger partial charge on any atom is 0.387 e. The first-order valence-corrected chi connectivity index (χ1v) is 10.6. The van der Waals surface area contributed by atoms with Gasteiger partial charge in [-0.1, -0.05) is 71.9 Å². The average Bonchev–Trinajstić information content (AvgIpc) is 3.19. The Morgan fingerprint density at radius 3 is 2.45 bits per heavy atom. The van der Waals surface area contributed by atoms with Gasteiger partial charge in [-0.15, -0.1) is 0 Å². The van der Waals surface area contributed by atoms with Gasteiger partial charge in [-0.2, -0.15) is 13.9 Å². The van der Waals surface area contributed by atoms with E-state index >= 15 is 0 Å². The molecular weight excluding hydrogens is 442 g/mol. The SMILES string of the molecule is Cc1ccccc1C(=O)N1N=C(c2ccc(Cl)cc2)SC1c1ccccc1OC(F)F. The summed E-state index contributed by atoms with van der Waals surface area (Å²) in [4.78, 5) is 13.4. The van der Waals surface area contributed by atoms with E-state index in [4.69, 9.17) is 16.3 Å². The van der Waals surface area contributed by atoms with Crippen LogP contribution in [0.2, 0.25) is 5.02 Å². The Labute approximate surface area is 187 Å². The molecule has 0 radical (unpaired) electrons. The molecule has 3 aromatic carbocycles. The van der Waals surface area contributed by atoms with Crippen molar-refractivity contribution in [1.29, 1.82) is 0 Å². The number of rotatable bonds is 5. The number of hydrazone groups is 1. The van der Waals surface area contributed by atoms with Crippen LogP contribution in [0.25, 0.3) is 0 Å². The average molecular weight is 459 g/mol. The molecule has 4 nitrogen and oxygen atoms in total. The van der Waals surface area contributed by atoms with Crippen molar-refractivity contribution in [2.45, 2.75) is 18.9 Å². The van der Waals surface area contributed by atoms with Gasteiger partial charge in [0.25, 0.3) is 5.91 Å². The van der Waals surface area contributed by atoms with Crippen molar-refractivity contribution in [3.05, 3.63) is 100 Å². The molecule has 0 aromatic heterocycles. The molecule has 1 amide bonds. The molecule has 0 aliphatic carbocycles. The van der Waals surface area contributed by atoms with Gasteiger partial charge in [-0.05, 0) is 36.8 Å². The molecule has 0 fully saturated rings. The first-order valence-electron chi connectivity index (χ1n) is 9.38. The fraction of sp³-hybridized carbons (Fsp3) is 0.130. The predicted molar refractivity (Wildman–Crippen MR) is 119 cm³/mol. The molecule has 4 rings (SSSR count). The molecule has 1 atom stereocenters. The summed E-state index contributed by atoms with van der Waals surface area (Å²) in [5, 5.41) is 6.37. The fourth-order valence-corrected chi connectivity index (χ4v) is 4.53. The third kappa shape index (κ3) is 4.57. The Hall–Kier alpha value is -2.90. The van der Waals surface area contributed by atoms with Crippen molar-refractivity contribution < 1.29 is 18.3 Å². The number of hydrogen-bond donors (Lipinski definition) is 0. The van der Waals surface area contributed by atoms with Crippen molar-refractivity contribution >= 4 is 34.3 Å². The lowest BCUT2D eigenvalue weighted by Crippen LogP contribution is -2.27. The number of para-hydroxylation sites is 1. The van der Waals surface area contributed by atoms with E-state index in [0.717, 1.165) is 11.1 Å². The van der Waals surface area contributed by atoms with Crippen LogP contribution in [-0.4, -0.2) is 22.6 Å². The zero-order chi connectivity index (χ0) is 22.0. The Balaban J connectivity index is 1.78. The van der Waals surface area contributed by atoms with Gasteiger partial charge in [0.1, 0.15) is 16.2 Å². The lowest BCUT2D eigenvalue weighted by Gasteiger charge is -2.23. The lowest BCUT2D eigenvalue weighted by molar-refractivity contribution is -0.0507. The van der Waals surface area contributed by atoms with Crippen LogP contribution in [0.15, 0.2) is 77.9 Å². The molecule has 1 aliphatic rings. The summed E-state index contributed by atoms with van der Waals surface area (Å²) in [5.74, 6) is -0.323. The van der Waals surface area contributed by atoms with E-state index < -0.39 is 12.0 Å². The second-order valence-electron chi connectivity index (χ2n) is 6.76. The fourth-order valence-electron chi connectivity index (χ4n) is 3.22. The van der Waals surface area contributed by atoms with Gasteiger partial charge in [0.05, 0.1) is 0 Å². The highest BCUT2D eigenvalue weighted by molar-refractivity contribution is 8.14. The largest absolute Gasteiger partial charge is 0.434 e. The van der Waals surface area contributed by atoms with Crippen LogP contribution in [0.5, 0.6) is 5.75 Å². The zero-order valence-electron chi connectivity index (χ0n) is 16.3. The van der Waals surface area contributed by atoms with Gasteiger partial charge in [0.2, 0.25) is 0 Å². The van der Waals surface area contributed by atoms with Gasteiger partial charge in [0, 0.05) is 21.7 Å². The van der Waals surface area contributed by atoms with Crippen LogP contribution >= 0.6 is 23.4 Å². The monoisotopic (exact) mass is 458 g/mol. The van der Waals surface area contributed by atoms with Crippen molar-refractivity contribution in [2.24, 2.45) is 5.10 Å². The van der Waals surface area contributed by atoms with E-state index in [-0.39, 0.29) is 11.7 Å². The molecule has 1 heterocycles. The number of benzene rings is 3. The normalized spacial score (nSPS) is 15.8. The molecule has 0 saturated carbocycles. The van der Waals surface area contributed by atoms with Crippen molar-refractivity contribution in [1.82, 2.24) is 5.01 Å². The molecular formula is C23H17ClF2N2O2S. The Kier molecular flexibility index (Phi) is 6.25. The van der Waals surface area contributed by atoms with Crippen LogP contribution in [0.4, 0.5) is 8.78 Å². The first-order chi connectivity index (χ1) is 14.9. The minimum Gasteiger partial charge on any atom is -0.434 e. The predicted octanol–water partition coefficient (Wildman–Crippen LogP) is 6.50. The van der Waals surface area contributed by atoms with E-state index in [1.54, 1.807) is 54.6 Å². The van der Waals surface area contributed by atoms with E-state index in [0.29, 0.717) is 21.2 Å². The second kappa shape index (κ2) is 9.08. The van der Waals surface area contributed by atoms with Crippen LogP contribution < -0.4 is 4.74 Å². The smallest absolute Gasteiger partial charge is 0.387 e. The molecule has 158 valence electrons. The molecule has 0 spiro atoms. The topological polar surface area (TPSA) is 41.9 Å². The molecule has 8 heteroatoms. The van der Waals surface area contributed by atoms with Crippen LogP contribution in [0, 0.1) is 6.92 Å². The zero-order valence-corrected chi connectivity index (χ0v) is 17.9. The lowest BCUT2D eigenvalue weighted by atomic mass is 10.1. The standard InChI is InChI=1S/C23H17ClF2N2O2S/c1-14-6-2-3-7-17(14)21(29)28-22(18-8-4-5-9-19(18)30-23(25)26)31-20(27-28)15-10-12-16(24)13-11-15/h2-13,22-23H,1H3. The van der Waals surface area contributed by atoms with E-state index in [1.807, 2.05) is 19.1 Å². The number of hydrogen-bond acceptors (Lipinski definition) is 4. The van der Waals surface area contributed by atoms with Gasteiger partial charge in [-0.3, -0.25) is 4.79 Å². The number of alkyl halides is 2. The van der Waals surface area contributed by atoms with Crippen molar-refractivity contribution in [3.8, 4) is 5.75 Å². The minimum absolute atomic E-state index is 0.00476. The van der Waals surface area contributed by atoms with Crippen molar-refractivity contribution in [3.63, 3.8) is 0 Å². The van der Waals surface area contributed by atoms with Gasteiger partial charge in [-0.25, -0.2) is 5.01 Å². The third-order valence-corrected chi connectivity index (χ3v) is 6.19. The summed E-state index contributed by atoms with van der Waals surface area (Å²) in [6.07, 6.45) is 0. The van der Waals surface area contributed by atoms with Crippen LogP contribution in [0.3, 0.4) is 0 Å². The maximum atomic E-state index is 13.4. The number of carbonyl (C=O) groups excluding carboxylic acids is 1. The van der Waals surface area contributed by atoms with E-state index in [2.05, 4.69) is 5.10 Å². The summed E-state index contributed by atoms with van der Waals surface area (Å²) >= 11 is 7.28. The number of ether oxygens (including phenoxy) is 1. The van der Waals surface area contributed by atoms with Gasteiger partial charge in [0.15, 0.2) is 0 Å². The summed E-state index contributed by atoms with van der Waals surface area (Å²) in [5.41, 5.74) is 2.49. The summed E-state index contributed by atoms with van der Waals surface area (Å²) < 4.78 is 30.7. The van der Waals surface area contributed by atoms with E-state index in [1.165, 1.54) is 22.8 Å². The number of aryl methyl sites for hydroxylation is 1. The molecule has 0 bridgehead atoms. The number of amides is 1. The molecule has 1 aliphatic heterocycles. The van der Waals surface area contributed by atoms with Crippen molar-refractivity contribution in [2.75, 3.05) is 0 Å². The summed E-state index contributed by atoms with van der Waals surface area (Å²) in [6, 6.07) is 20.7.